The van der Waals surface area contributed by atoms with E-state index in [2.05, 4.69) is 4.98 Å². The molecule has 0 aliphatic carbocycles. The van der Waals surface area contributed by atoms with E-state index >= 15 is 0 Å². The topological polar surface area (TPSA) is 74.7 Å². The van der Waals surface area contributed by atoms with Gasteiger partial charge in [0.15, 0.2) is 0 Å². The molecular formula is C18H21NO5S. The smallest absolute Gasteiger partial charge is 0.367 e. The first-order valence-corrected chi connectivity index (χ1v) is 8.99. The van der Waals surface area contributed by atoms with E-state index in [9.17, 15) is 9.59 Å². The van der Waals surface area contributed by atoms with Crippen LogP contribution in [0.15, 0.2) is 29.6 Å². The number of carbonyl (C=O) groups excluding carboxylic acids is 2. The van der Waals surface area contributed by atoms with E-state index in [0.29, 0.717) is 25.3 Å². The van der Waals surface area contributed by atoms with Crippen LogP contribution in [0.3, 0.4) is 0 Å². The van der Waals surface area contributed by atoms with E-state index in [1.165, 1.54) is 11.3 Å². The van der Waals surface area contributed by atoms with Crippen LogP contribution in [0.4, 0.5) is 0 Å². The molecule has 0 saturated heterocycles. The average Bonchev–Trinajstić information content (AvgIpc) is 3.09. The minimum absolute atomic E-state index is 0.0435. The predicted octanol–water partition coefficient (Wildman–Crippen LogP) is 3.39. The zero-order valence-corrected chi connectivity index (χ0v) is 15.1. The molecule has 0 radical (unpaired) electrons. The number of para-hydroxylation sites is 1. The number of thiazole rings is 1. The Hall–Kier alpha value is -2.41. The van der Waals surface area contributed by atoms with Crippen molar-refractivity contribution in [3.63, 3.8) is 0 Å². The molecule has 0 fully saturated rings. The van der Waals surface area contributed by atoms with Crippen molar-refractivity contribution in [3.8, 4) is 5.75 Å². The highest BCUT2D eigenvalue weighted by atomic mass is 32.1. The summed E-state index contributed by atoms with van der Waals surface area (Å²) < 4.78 is 15.6. The summed E-state index contributed by atoms with van der Waals surface area (Å²) in [4.78, 5) is 27.6. The number of hydrogen-bond donors (Lipinski definition) is 0. The van der Waals surface area contributed by atoms with E-state index in [-0.39, 0.29) is 24.0 Å². The van der Waals surface area contributed by atoms with Crippen LogP contribution in [-0.4, -0.2) is 30.1 Å². The van der Waals surface area contributed by atoms with Crippen molar-refractivity contribution in [2.75, 3.05) is 13.2 Å². The van der Waals surface area contributed by atoms with Gasteiger partial charge < -0.3 is 14.2 Å². The number of ether oxygens (including phenoxy) is 3. The molecule has 0 saturated carbocycles. The Morgan fingerprint density at radius 2 is 1.92 bits per heavy atom. The van der Waals surface area contributed by atoms with E-state index in [1.54, 1.807) is 12.3 Å². The molecule has 0 aliphatic rings. The fourth-order valence-electron chi connectivity index (χ4n) is 2.13. The van der Waals surface area contributed by atoms with Crippen molar-refractivity contribution in [1.82, 2.24) is 4.98 Å². The van der Waals surface area contributed by atoms with Crippen LogP contribution in [0.25, 0.3) is 0 Å². The van der Waals surface area contributed by atoms with Crippen LogP contribution in [0.5, 0.6) is 5.75 Å². The number of aromatic nitrogens is 1. The number of hydrogen-bond acceptors (Lipinski definition) is 7. The summed E-state index contributed by atoms with van der Waals surface area (Å²) in [5.74, 6) is 0.00553. The molecule has 7 heteroatoms. The van der Waals surface area contributed by atoms with E-state index in [1.807, 2.05) is 31.2 Å². The molecule has 0 amide bonds. The molecule has 2 aromatic rings. The number of carbonyl (C=O) groups is 2. The SMILES string of the molecule is CCOC(=O)c1nc(COC(=O)CCc2ccccc2OCC)cs1. The van der Waals surface area contributed by atoms with Crippen molar-refractivity contribution in [2.24, 2.45) is 0 Å². The zero-order chi connectivity index (χ0) is 18.1. The highest BCUT2D eigenvalue weighted by Crippen LogP contribution is 2.20. The number of benzene rings is 1. The Morgan fingerprint density at radius 3 is 2.68 bits per heavy atom. The lowest BCUT2D eigenvalue weighted by Gasteiger charge is -2.09. The highest BCUT2D eigenvalue weighted by Gasteiger charge is 2.13. The number of rotatable bonds is 9. The maximum Gasteiger partial charge on any atom is 0.367 e. The van der Waals surface area contributed by atoms with Crippen molar-refractivity contribution >= 4 is 23.3 Å². The van der Waals surface area contributed by atoms with Gasteiger partial charge in [0, 0.05) is 11.8 Å². The monoisotopic (exact) mass is 363 g/mol. The normalized spacial score (nSPS) is 10.3. The summed E-state index contributed by atoms with van der Waals surface area (Å²) in [7, 11) is 0. The first kappa shape index (κ1) is 18.9. The van der Waals surface area contributed by atoms with Crippen LogP contribution < -0.4 is 4.74 Å². The van der Waals surface area contributed by atoms with E-state index in [4.69, 9.17) is 14.2 Å². The second kappa shape index (κ2) is 9.78. The molecule has 0 spiro atoms. The molecule has 2 rings (SSSR count). The molecule has 0 atom stereocenters. The van der Waals surface area contributed by atoms with Gasteiger partial charge in [0.1, 0.15) is 12.4 Å². The molecule has 0 N–H and O–H groups in total. The Bertz CT molecular complexity index is 713. The van der Waals surface area contributed by atoms with Gasteiger partial charge in [-0.3, -0.25) is 4.79 Å². The van der Waals surface area contributed by atoms with Crippen LogP contribution in [-0.2, 0) is 27.3 Å². The quantitative estimate of drug-likeness (QED) is 0.636. The van der Waals surface area contributed by atoms with Gasteiger partial charge in [0.05, 0.1) is 18.9 Å². The maximum atomic E-state index is 11.9. The number of aryl methyl sites for hydroxylation is 1. The lowest BCUT2D eigenvalue weighted by atomic mass is 10.1. The number of esters is 2. The standard InChI is InChI=1S/C18H21NO5S/c1-3-22-15-8-6-5-7-13(15)9-10-16(20)24-11-14-12-25-17(19-14)18(21)23-4-2/h5-8,12H,3-4,9-11H2,1-2H3. The molecule has 1 heterocycles. The molecule has 6 nitrogen and oxygen atoms in total. The largest absolute Gasteiger partial charge is 0.494 e. The third kappa shape index (κ3) is 5.86. The Balaban J connectivity index is 1.80. The van der Waals surface area contributed by atoms with Crippen molar-refractivity contribution in [2.45, 2.75) is 33.3 Å². The van der Waals surface area contributed by atoms with Gasteiger partial charge in [-0.15, -0.1) is 11.3 Å². The summed E-state index contributed by atoms with van der Waals surface area (Å²) in [6, 6.07) is 7.63. The molecule has 25 heavy (non-hydrogen) atoms. The van der Waals surface area contributed by atoms with Crippen molar-refractivity contribution in [1.29, 1.82) is 0 Å². The third-order valence-electron chi connectivity index (χ3n) is 3.25. The molecule has 1 aromatic heterocycles. The van der Waals surface area contributed by atoms with Gasteiger partial charge in [0.2, 0.25) is 5.01 Å². The molecule has 134 valence electrons. The minimum Gasteiger partial charge on any atom is -0.494 e. The summed E-state index contributed by atoms with van der Waals surface area (Å²) in [6.07, 6.45) is 0.791. The van der Waals surface area contributed by atoms with Gasteiger partial charge >= 0.3 is 11.9 Å². The van der Waals surface area contributed by atoms with Gasteiger partial charge in [-0.25, -0.2) is 9.78 Å². The summed E-state index contributed by atoms with van der Waals surface area (Å²) in [5.41, 5.74) is 1.51. The molecular weight excluding hydrogens is 342 g/mol. The second-order valence-electron chi connectivity index (χ2n) is 5.07. The summed E-state index contributed by atoms with van der Waals surface area (Å²) in [6.45, 7) is 4.57. The Labute approximate surface area is 150 Å². The van der Waals surface area contributed by atoms with E-state index in [0.717, 1.165) is 11.3 Å². The maximum absolute atomic E-state index is 11.9. The van der Waals surface area contributed by atoms with Crippen molar-refractivity contribution in [3.05, 3.63) is 45.9 Å². The lowest BCUT2D eigenvalue weighted by molar-refractivity contribution is -0.145. The average molecular weight is 363 g/mol. The van der Waals surface area contributed by atoms with Crippen LogP contribution in [0.2, 0.25) is 0 Å². The van der Waals surface area contributed by atoms with Gasteiger partial charge in [-0.05, 0) is 31.9 Å². The second-order valence-corrected chi connectivity index (χ2v) is 5.92. The summed E-state index contributed by atoms with van der Waals surface area (Å²) >= 11 is 1.17. The van der Waals surface area contributed by atoms with Gasteiger partial charge in [-0.2, -0.15) is 0 Å². The number of nitrogens with zero attached hydrogens (tertiary/aromatic N) is 1. The first-order chi connectivity index (χ1) is 12.1. The third-order valence-corrected chi connectivity index (χ3v) is 4.12. The lowest BCUT2D eigenvalue weighted by Crippen LogP contribution is -2.08. The van der Waals surface area contributed by atoms with Crippen LogP contribution in [0, 0.1) is 0 Å². The van der Waals surface area contributed by atoms with Gasteiger partial charge in [0.25, 0.3) is 0 Å². The van der Waals surface area contributed by atoms with Gasteiger partial charge in [-0.1, -0.05) is 18.2 Å². The molecule has 0 aliphatic heterocycles. The fourth-order valence-corrected chi connectivity index (χ4v) is 2.82. The molecule has 1 aromatic carbocycles. The molecule has 0 bridgehead atoms. The Morgan fingerprint density at radius 1 is 1.12 bits per heavy atom. The first-order valence-electron chi connectivity index (χ1n) is 8.11. The van der Waals surface area contributed by atoms with Crippen LogP contribution in [0.1, 0.15) is 41.3 Å². The van der Waals surface area contributed by atoms with Crippen LogP contribution >= 0.6 is 11.3 Å². The zero-order valence-electron chi connectivity index (χ0n) is 14.3. The fraction of sp³-hybridized carbons (Fsp3) is 0.389. The molecule has 0 unspecified atom stereocenters. The summed E-state index contributed by atoms with van der Waals surface area (Å²) in [5, 5.41) is 1.95. The Kier molecular flexibility index (Phi) is 7.40. The van der Waals surface area contributed by atoms with Crippen molar-refractivity contribution < 1.29 is 23.8 Å². The predicted molar refractivity (Wildman–Crippen MR) is 93.8 cm³/mol. The van der Waals surface area contributed by atoms with E-state index < -0.39 is 5.97 Å². The highest BCUT2D eigenvalue weighted by molar-refractivity contribution is 7.11. The minimum atomic E-state index is -0.461.